The molecule has 0 aliphatic carbocycles. The molecule has 0 aromatic heterocycles. The zero-order chi connectivity index (χ0) is 13.0. The quantitative estimate of drug-likeness (QED) is 0.779. The van der Waals surface area contributed by atoms with Crippen molar-refractivity contribution in [1.82, 2.24) is 0 Å². The Bertz CT molecular complexity index is 550. The first-order valence-corrected chi connectivity index (χ1v) is 6.02. The highest BCUT2D eigenvalue weighted by molar-refractivity contribution is 6.31. The van der Waals surface area contributed by atoms with Gasteiger partial charge in [0.2, 0.25) is 0 Å². The van der Waals surface area contributed by atoms with Gasteiger partial charge in [0.15, 0.2) is 12.4 Å². The molecule has 18 heavy (non-hydrogen) atoms. The summed E-state index contributed by atoms with van der Waals surface area (Å²) in [6.45, 7) is 1.92. The number of rotatable bonds is 4. The first kappa shape index (κ1) is 12.7. The number of Topliss-reactive ketones (excluding diaryl/α,β-unsaturated/α-hetero) is 1. The van der Waals surface area contributed by atoms with E-state index in [0.717, 1.165) is 5.56 Å². The Morgan fingerprint density at radius 1 is 1.17 bits per heavy atom. The predicted molar refractivity (Wildman–Crippen MR) is 72.5 cm³/mol. The van der Waals surface area contributed by atoms with Crippen LogP contribution in [0, 0.1) is 6.92 Å². The zero-order valence-corrected chi connectivity index (χ0v) is 10.8. The summed E-state index contributed by atoms with van der Waals surface area (Å²) < 4.78 is 5.40. The molecule has 0 saturated carbocycles. The van der Waals surface area contributed by atoms with Crippen molar-refractivity contribution in [2.24, 2.45) is 0 Å². The molecule has 0 bridgehead atoms. The Balaban J connectivity index is 2.02. The lowest BCUT2D eigenvalue weighted by Gasteiger charge is -2.06. The highest BCUT2D eigenvalue weighted by Gasteiger charge is 2.08. The van der Waals surface area contributed by atoms with Crippen LogP contribution in [0.4, 0.5) is 0 Å². The van der Waals surface area contributed by atoms with Crippen LogP contribution in [0.2, 0.25) is 5.02 Å². The van der Waals surface area contributed by atoms with Gasteiger partial charge in [-0.15, -0.1) is 0 Å². The number of benzene rings is 2. The zero-order valence-electron chi connectivity index (χ0n) is 10.0. The minimum Gasteiger partial charge on any atom is -0.485 e. The normalized spacial score (nSPS) is 10.1. The first-order chi connectivity index (χ1) is 8.66. The van der Waals surface area contributed by atoms with Gasteiger partial charge >= 0.3 is 0 Å². The smallest absolute Gasteiger partial charge is 0.200 e. The fourth-order valence-electron chi connectivity index (χ4n) is 1.52. The summed E-state index contributed by atoms with van der Waals surface area (Å²) in [5, 5.41) is 0.598. The highest BCUT2D eigenvalue weighted by Crippen LogP contribution is 2.17. The molecule has 0 amide bonds. The van der Waals surface area contributed by atoms with Gasteiger partial charge in [0, 0.05) is 10.6 Å². The van der Waals surface area contributed by atoms with Crippen molar-refractivity contribution >= 4 is 17.4 Å². The molecular formula is C15H13ClO2. The van der Waals surface area contributed by atoms with E-state index >= 15 is 0 Å². The second-order valence-electron chi connectivity index (χ2n) is 3.99. The maximum absolute atomic E-state index is 11.9. The Labute approximate surface area is 111 Å². The summed E-state index contributed by atoms with van der Waals surface area (Å²) in [5.74, 6) is 0.602. The number of aryl methyl sites for hydroxylation is 1. The minimum absolute atomic E-state index is 0.0173. The maximum atomic E-state index is 11.9. The third kappa shape index (κ3) is 3.11. The number of para-hydroxylation sites is 1. The number of hydrogen-bond donors (Lipinski definition) is 0. The van der Waals surface area contributed by atoms with Crippen molar-refractivity contribution in [2.45, 2.75) is 6.92 Å². The molecule has 0 spiro atoms. The van der Waals surface area contributed by atoms with E-state index in [0.29, 0.717) is 16.3 Å². The minimum atomic E-state index is -0.0826. The second kappa shape index (κ2) is 5.69. The van der Waals surface area contributed by atoms with Crippen LogP contribution in [0.3, 0.4) is 0 Å². The van der Waals surface area contributed by atoms with Crippen molar-refractivity contribution in [3.05, 3.63) is 64.7 Å². The monoisotopic (exact) mass is 260 g/mol. The summed E-state index contributed by atoms with van der Waals surface area (Å²) >= 11 is 5.98. The van der Waals surface area contributed by atoms with E-state index in [1.807, 2.05) is 43.3 Å². The van der Waals surface area contributed by atoms with Gasteiger partial charge in [-0.3, -0.25) is 4.79 Å². The molecule has 3 heteroatoms. The number of ether oxygens (including phenoxy) is 1. The predicted octanol–water partition coefficient (Wildman–Crippen LogP) is 3.91. The molecule has 2 aromatic rings. The molecular weight excluding hydrogens is 248 g/mol. The van der Waals surface area contributed by atoms with Crippen molar-refractivity contribution in [1.29, 1.82) is 0 Å². The number of halogens is 1. The lowest BCUT2D eigenvalue weighted by atomic mass is 10.1. The van der Waals surface area contributed by atoms with Crippen LogP contribution < -0.4 is 4.74 Å². The van der Waals surface area contributed by atoms with E-state index < -0.39 is 0 Å². The summed E-state index contributed by atoms with van der Waals surface area (Å²) in [5.41, 5.74) is 1.53. The van der Waals surface area contributed by atoms with E-state index in [4.69, 9.17) is 16.3 Å². The molecule has 0 N–H and O–H groups in total. The first-order valence-electron chi connectivity index (χ1n) is 5.64. The standard InChI is InChI=1S/C15H13ClO2/c1-11-7-8-12(9-14(11)16)15(17)10-18-13-5-3-2-4-6-13/h2-9H,10H2,1H3. The van der Waals surface area contributed by atoms with Gasteiger partial charge < -0.3 is 4.74 Å². The fraction of sp³-hybridized carbons (Fsp3) is 0.133. The number of carbonyl (C=O) groups is 1. The molecule has 2 aromatic carbocycles. The highest BCUT2D eigenvalue weighted by atomic mass is 35.5. The van der Waals surface area contributed by atoms with Crippen LogP contribution in [0.25, 0.3) is 0 Å². The fourth-order valence-corrected chi connectivity index (χ4v) is 1.70. The average Bonchev–Trinajstić information content (AvgIpc) is 2.40. The molecule has 2 rings (SSSR count). The number of hydrogen-bond acceptors (Lipinski definition) is 2. The third-order valence-electron chi connectivity index (χ3n) is 2.61. The van der Waals surface area contributed by atoms with Crippen LogP contribution in [0.5, 0.6) is 5.75 Å². The van der Waals surface area contributed by atoms with Gasteiger partial charge in [0.05, 0.1) is 0 Å². The van der Waals surface area contributed by atoms with Gasteiger partial charge in [-0.1, -0.05) is 41.9 Å². The Morgan fingerprint density at radius 3 is 2.56 bits per heavy atom. The Hall–Kier alpha value is -1.80. The second-order valence-corrected chi connectivity index (χ2v) is 4.40. The lowest BCUT2D eigenvalue weighted by Crippen LogP contribution is -2.11. The molecule has 0 unspecified atom stereocenters. The van der Waals surface area contributed by atoms with Gasteiger partial charge in [-0.05, 0) is 30.7 Å². The van der Waals surface area contributed by atoms with Gasteiger partial charge in [0.25, 0.3) is 0 Å². The van der Waals surface area contributed by atoms with E-state index in [1.165, 1.54) is 0 Å². The molecule has 0 atom stereocenters. The number of ketones is 1. The van der Waals surface area contributed by atoms with Crippen LogP contribution in [0.15, 0.2) is 48.5 Å². The van der Waals surface area contributed by atoms with Crippen molar-refractivity contribution in [3.8, 4) is 5.75 Å². The van der Waals surface area contributed by atoms with Crippen molar-refractivity contribution in [3.63, 3.8) is 0 Å². The summed E-state index contributed by atoms with van der Waals surface area (Å²) in [4.78, 5) is 11.9. The molecule has 0 heterocycles. The van der Waals surface area contributed by atoms with Crippen molar-refractivity contribution in [2.75, 3.05) is 6.61 Å². The molecule has 92 valence electrons. The van der Waals surface area contributed by atoms with E-state index in [-0.39, 0.29) is 12.4 Å². The number of carbonyl (C=O) groups excluding carboxylic acids is 1. The summed E-state index contributed by atoms with van der Waals surface area (Å²) in [6, 6.07) is 14.5. The van der Waals surface area contributed by atoms with Crippen LogP contribution in [-0.2, 0) is 0 Å². The largest absolute Gasteiger partial charge is 0.485 e. The van der Waals surface area contributed by atoms with E-state index in [9.17, 15) is 4.79 Å². The molecule has 0 fully saturated rings. The van der Waals surface area contributed by atoms with E-state index in [2.05, 4.69) is 0 Å². The average molecular weight is 261 g/mol. The topological polar surface area (TPSA) is 26.3 Å². The van der Waals surface area contributed by atoms with Gasteiger partial charge in [-0.2, -0.15) is 0 Å². The molecule has 0 radical (unpaired) electrons. The van der Waals surface area contributed by atoms with E-state index in [1.54, 1.807) is 12.1 Å². The molecule has 0 aliphatic rings. The molecule has 2 nitrogen and oxygen atoms in total. The Kier molecular flexibility index (Phi) is 4.00. The third-order valence-corrected chi connectivity index (χ3v) is 3.01. The summed E-state index contributed by atoms with van der Waals surface area (Å²) in [6.07, 6.45) is 0. The van der Waals surface area contributed by atoms with Gasteiger partial charge in [-0.25, -0.2) is 0 Å². The van der Waals surface area contributed by atoms with Crippen LogP contribution >= 0.6 is 11.6 Å². The van der Waals surface area contributed by atoms with Crippen LogP contribution in [0.1, 0.15) is 15.9 Å². The summed E-state index contributed by atoms with van der Waals surface area (Å²) in [7, 11) is 0. The molecule has 0 saturated heterocycles. The Morgan fingerprint density at radius 2 is 1.89 bits per heavy atom. The van der Waals surface area contributed by atoms with Crippen molar-refractivity contribution < 1.29 is 9.53 Å². The lowest BCUT2D eigenvalue weighted by molar-refractivity contribution is 0.0921. The molecule has 0 aliphatic heterocycles. The van der Waals surface area contributed by atoms with Crippen LogP contribution in [-0.4, -0.2) is 12.4 Å². The maximum Gasteiger partial charge on any atom is 0.200 e. The van der Waals surface area contributed by atoms with Gasteiger partial charge in [0.1, 0.15) is 5.75 Å². The SMILES string of the molecule is Cc1ccc(C(=O)COc2ccccc2)cc1Cl.